The maximum Gasteiger partial charge on any atom is 0.673 e. The fourth-order valence-corrected chi connectivity index (χ4v) is 15.2. The molecule has 0 aromatic heterocycles. The molecule has 0 N–H and O–H groups in total. The summed E-state index contributed by atoms with van der Waals surface area (Å²) in [4.78, 5) is 0. The van der Waals surface area contributed by atoms with Crippen LogP contribution in [0.1, 0.15) is 70.2 Å². The summed E-state index contributed by atoms with van der Waals surface area (Å²) in [5, 5.41) is 13.6. The van der Waals surface area contributed by atoms with Gasteiger partial charge in [0.1, 0.15) is 0 Å². The summed E-state index contributed by atoms with van der Waals surface area (Å²) in [6.07, 6.45) is 14.0. The predicted molar refractivity (Wildman–Crippen MR) is 288 cm³/mol. The Balaban J connectivity index is 0.000000475. The van der Waals surface area contributed by atoms with Crippen LogP contribution in [-0.2, 0) is 19.5 Å². The van der Waals surface area contributed by atoms with Gasteiger partial charge in [-0.2, -0.15) is 0 Å². The summed E-state index contributed by atoms with van der Waals surface area (Å²) < 4.78 is 39.0. The first kappa shape index (κ1) is 52.9. The van der Waals surface area contributed by atoms with Gasteiger partial charge in [0.25, 0.3) is 0 Å². The van der Waals surface area contributed by atoms with E-state index < -0.39 is 23.1 Å². The maximum absolute atomic E-state index is 9.75. The van der Waals surface area contributed by atoms with Gasteiger partial charge >= 0.3 is 7.25 Å². The third kappa shape index (κ3) is 13.9. The average molecular weight is 1030 g/mol. The van der Waals surface area contributed by atoms with E-state index in [0.29, 0.717) is 0 Å². The van der Waals surface area contributed by atoms with Gasteiger partial charge in [-0.25, -0.2) is 0 Å². The first-order chi connectivity index (χ1) is 32.0. The van der Waals surface area contributed by atoms with Crippen LogP contribution >= 0.6 is 15.8 Å². The van der Waals surface area contributed by atoms with Crippen molar-refractivity contribution in [1.29, 1.82) is 0 Å². The van der Waals surface area contributed by atoms with E-state index in [-0.39, 0.29) is 19.5 Å². The number of fused-ring (bicyclic) bond motifs is 2. The normalized spacial score (nSPS) is 13.0. The summed E-state index contributed by atoms with van der Waals surface area (Å²) in [5.74, 6) is 0. The Kier molecular flexibility index (Phi) is 18.6. The van der Waals surface area contributed by atoms with Crippen LogP contribution < -0.4 is 31.8 Å². The molecule has 351 valence electrons. The van der Waals surface area contributed by atoms with E-state index in [1.54, 1.807) is 0 Å². The van der Waals surface area contributed by atoms with Gasteiger partial charge in [0.2, 0.25) is 0 Å². The summed E-state index contributed by atoms with van der Waals surface area (Å²) in [7, 11) is -7.87. The van der Waals surface area contributed by atoms with Gasteiger partial charge < -0.3 is 17.3 Å². The molecule has 0 bridgehead atoms. The zero-order chi connectivity index (χ0) is 47.8. The van der Waals surface area contributed by atoms with E-state index in [1.165, 1.54) is 135 Å². The first-order valence-electron chi connectivity index (χ1n) is 23.2. The second-order valence-corrected chi connectivity index (χ2v) is 22.4. The molecule has 1 aliphatic carbocycles. The van der Waals surface area contributed by atoms with Crippen molar-refractivity contribution in [2.24, 2.45) is 0 Å². The Morgan fingerprint density at radius 2 is 0.574 bits per heavy atom. The molecule has 8 aromatic carbocycles. The van der Waals surface area contributed by atoms with Crippen molar-refractivity contribution >= 4 is 76.5 Å². The minimum atomic E-state index is -6.00. The van der Waals surface area contributed by atoms with Crippen LogP contribution in [0.15, 0.2) is 146 Å². The minimum absolute atomic E-state index is 0. The molecular formula is C60H60BF4P2Rh-. The molecule has 0 saturated heterocycles. The molecule has 0 atom stereocenters. The van der Waals surface area contributed by atoms with Gasteiger partial charge in [0, 0.05) is 19.5 Å². The van der Waals surface area contributed by atoms with E-state index in [0.717, 1.165) is 0 Å². The third-order valence-electron chi connectivity index (χ3n) is 11.7. The average Bonchev–Trinajstić information content (AvgIpc) is 3.22. The largest absolute Gasteiger partial charge is 0.673 e. The van der Waals surface area contributed by atoms with E-state index >= 15 is 0 Å². The molecule has 0 amide bonds. The maximum atomic E-state index is 9.75. The van der Waals surface area contributed by atoms with Crippen molar-refractivity contribution in [3.8, 4) is 11.1 Å². The second kappa shape index (κ2) is 23.9. The first-order valence-corrected chi connectivity index (χ1v) is 25.9. The molecular weight excluding hydrogens is 972 g/mol. The van der Waals surface area contributed by atoms with Gasteiger partial charge in [-0.15, -0.1) is 0 Å². The molecule has 0 nitrogen and oxygen atoms in total. The van der Waals surface area contributed by atoms with Crippen LogP contribution in [0.5, 0.6) is 0 Å². The Hall–Kier alpha value is -4.45. The van der Waals surface area contributed by atoms with Gasteiger partial charge in [0.05, 0.1) is 0 Å². The molecule has 0 unspecified atom stereocenters. The van der Waals surface area contributed by atoms with Crippen molar-refractivity contribution in [2.75, 3.05) is 0 Å². The van der Waals surface area contributed by atoms with E-state index in [4.69, 9.17) is 0 Å². The molecule has 68 heavy (non-hydrogen) atoms. The Morgan fingerprint density at radius 1 is 0.338 bits per heavy atom. The number of hydrogen-bond acceptors (Lipinski definition) is 0. The zero-order valence-corrected chi connectivity index (χ0v) is 43.7. The standard InChI is InChI=1S/C52H48P2.C8H12.BF4.Rh/c1-33-21-34(2)26-43(25-33)53(44-27-35(3)22-36(4)28-44)49-19-17-41-13-9-11-15-47(41)51(49)52-48-16-12-10-14-42(48)18-20-50(52)54(45-29-37(5)23-38(6)30-45)46-31-39(7)24-40(8)32-46;1-2-4-6-8-7-5-3-1;2-1(3,4)5;/h9-32H,1-8H3;1-2,7-8H,3-6H2;;/q;;-1;. The van der Waals surface area contributed by atoms with Crippen LogP contribution in [-0.4, -0.2) is 7.25 Å². The molecule has 0 aliphatic heterocycles. The smallest absolute Gasteiger partial charge is 0.418 e. The molecule has 0 spiro atoms. The monoisotopic (exact) mass is 1030 g/mol. The van der Waals surface area contributed by atoms with Crippen LogP contribution in [0.3, 0.4) is 0 Å². The Bertz CT molecular complexity index is 2600. The molecule has 1 fully saturated rings. The molecule has 8 aromatic rings. The van der Waals surface area contributed by atoms with E-state index in [9.17, 15) is 17.3 Å². The number of benzene rings is 8. The molecule has 9 rings (SSSR count). The van der Waals surface area contributed by atoms with Gasteiger partial charge in [-0.3, -0.25) is 0 Å². The van der Waals surface area contributed by atoms with Crippen molar-refractivity contribution in [3.05, 3.63) is 216 Å². The summed E-state index contributed by atoms with van der Waals surface area (Å²) in [5.41, 5.74) is 13.2. The van der Waals surface area contributed by atoms with E-state index in [1.807, 2.05) is 0 Å². The molecule has 0 heterocycles. The Morgan fingerprint density at radius 3 is 0.824 bits per heavy atom. The minimum Gasteiger partial charge on any atom is -0.418 e. The SMILES string of the molecule is Cc1cc(C)cc(P(c2cc(C)cc(C)c2)c2ccc3ccccc3c2-c2c(P(c3cc(C)cc(C)c3)c3cc(C)cc(C)c3)ccc3ccccc23)c1.F[B-](F)(F)F.[CH]1[CH]CC[CH][CH]CC1.[Rh]. The van der Waals surface area contributed by atoms with Gasteiger partial charge in [-0.1, -0.05) is 190 Å². The predicted octanol–water partition coefficient (Wildman–Crippen LogP) is 15.3. The number of aryl methyl sites for hydroxylation is 8. The van der Waals surface area contributed by atoms with Crippen LogP contribution in [0.25, 0.3) is 32.7 Å². The zero-order valence-electron chi connectivity index (χ0n) is 40.3. The number of rotatable bonds is 7. The summed E-state index contributed by atoms with van der Waals surface area (Å²) in [6.45, 7) is 18.0. The van der Waals surface area contributed by atoms with Crippen LogP contribution in [0.4, 0.5) is 17.3 Å². The van der Waals surface area contributed by atoms with Crippen LogP contribution in [0.2, 0.25) is 0 Å². The molecule has 1 aliphatic rings. The van der Waals surface area contributed by atoms with Crippen molar-refractivity contribution in [2.45, 2.75) is 81.1 Å². The van der Waals surface area contributed by atoms with Crippen molar-refractivity contribution < 1.29 is 36.7 Å². The van der Waals surface area contributed by atoms with Crippen LogP contribution in [0, 0.1) is 81.1 Å². The number of halogens is 4. The number of hydrogen-bond donors (Lipinski definition) is 0. The molecule has 1 saturated carbocycles. The molecule has 8 heteroatoms. The topological polar surface area (TPSA) is 0 Å². The summed E-state index contributed by atoms with van der Waals surface area (Å²) in [6, 6.07) is 56.6. The second-order valence-electron chi connectivity index (χ2n) is 18.0. The van der Waals surface area contributed by atoms with Crippen molar-refractivity contribution in [1.82, 2.24) is 0 Å². The van der Waals surface area contributed by atoms with Gasteiger partial charge in [-0.05, 0) is 187 Å². The fraction of sp³-hybridized carbons (Fsp3) is 0.200. The van der Waals surface area contributed by atoms with E-state index in [2.05, 4.69) is 227 Å². The Labute approximate surface area is 418 Å². The van der Waals surface area contributed by atoms with Crippen molar-refractivity contribution in [3.63, 3.8) is 0 Å². The molecule has 5 radical (unpaired) electrons. The third-order valence-corrected chi connectivity index (χ3v) is 16.5. The summed E-state index contributed by atoms with van der Waals surface area (Å²) >= 11 is 0. The quantitative estimate of drug-likeness (QED) is 0.0848. The van der Waals surface area contributed by atoms with Gasteiger partial charge in [0.15, 0.2) is 0 Å². The fourth-order valence-electron chi connectivity index (χ4n) is 9.45.